The van der Waals surface area contributed by atoms with E-state index in [1.54, 1.807) is 7.11 Å². The van der Waals surface area contributed by atoms with Gasteiger partial charge in [0, 0.05) is 26.2 Å². The van der Waals surface area contributed by atoms with E-state index in [0.29, 0.717) is 5.41 Å². The molecule has 3 rings (SSSR count). The SMILES string of the molecule is COc1cc([SH](C)C)ccc1N1CCC2(CC1)CN(C)C2. The first-order chi connectivity index (χ1) is 10.0. The second-order valence-corrected chi connectivity index (χ2v) is 9.22. The number of nitrogens with zero attached hydrogens (tertiary/aromatic N) is 2. The zero-order valence-corrected chi connectivity index (χ0v) is 14.6. The lowest BCUT2D eigenvalue weighted by molar-refractivity contribution is 0.00126. The Hall–Kier alpha value is -0.870. The van der Waals surface area contributed by atoms with E-state index in [-0.39, 0.29) is 10.9 Å². The number of hydrogen-bond acceptors (Lipinski definition) is 3. The van der Waals surface area contributed by atoms with E-state index in [2.05, 4.69) is 47.6 Å². The van der Waals surface area contributed by atoms with E-state index in [0.717, 1.165) is 18.8 Å². The van der Waals surface area contributed by atoms with Gasteiger partial charge >= 0.3 is 0 Å². The van der Waals surface area contributed by atoms with Crippen LogP contribution in [0.3, 0.4) is 0 Å². The highest BCUT2D eigenvalue weighted by molar-refractivity contribution is 8.15. The first-order valence-corrected chi connectivity index (χ1v) is 10.1. The van der Waals surface area contributed by atoms with Crippen molar-refractivity contribution in [2.24, 2.45) is 5.41 Å². The molecule has 0 aliphatic carbocycles. The lowest BCUT2D eigenvalue weighted by Crippen LogP contribution is -2.58. The summed E-state index contributed by atoms with van der Waals surface area (Å²) in [5, 5.41) is 0. The molecule has 0 amide bonds. The largest absolute Gasteiger partial charge is 0.495 e. The molecular weight excluding hydrogens is 280 g/mol. The molecule has 1 aromatic rings. The van der Waals surface area contributed by atoms with Crippen molar-refractivity contribution >= 4 is 16.6 Å². The molecule has 0 saturated carbocycles. The van der Waals surface area contributed by atoms with Crippen LogP contribution in [0.25, 0.3) is 0 Å². The summed E-state index contributed by atoms with van der Waals surface area (Å²) in [5.74, 6) is 1.05. The average molecular weight is 308 g/mol. The average Bonchev–Trinajstić information content (AvgIpc) is 2.46. The Morgan fingerprint density at radius 2 is 1.81 bits per heavy atom. The Kier molecular flexibility index (Phi) is 4.10. The Morgan fingerprint density at radius 1 is 1.14 bits per heavy atom. The number of thiol groups is 1. The van der Waals surface area contributed by atoms with Crippen LogP contribution in [0, 0.1) is 5.41 Å². The highest BCUT2D eigenvalue weighted by Gasteiger charge is 2.43. The van der Waals surface area contributed by atoms with E-state index in [9.17, 15) is 0 Å². The van der Waals surface area contributed by atoms with Gasteiger partial charge in [-0.25, -0.2) is 10.9 Å². The van der Waals surface area contributed by atoms with Gasteiger partial charge in [-0.3, -0.25) is 0 Å². The van der Waals surface area contributed by atoms with Crippen molar-refractivity contribution in [1.29, 1.82) is 0 Å². The van der Waals surface area contributed by atoms with E-state index >= 15 is 0 Å². The smallest absolute Gasteiger partial charge is 0.143 e. The molecule has 0 aromatic heterocycles. The normalized spacial score (nSPS) is 22.1. The minimum atomic E-state index is -0.0654. The van der Waals surface area contributed by atoms with Crippen LogP contribution < -0.4 is 9.64 Å². The lowest BCUT2D eigenvalue weighted by Gasteiger charge is -2.53. The third-order valence-corrected chi connectivity index (χ3v) is 6.37. The fourth-order valence-electron chi connectivity index (χ4n) is 3.84. The molecule has 0 radical (unpaired) electrons. The summed E-state index contributed by atoms with van der Waals surface area (Å²) in [5.41, 5.74) is 1.89. The maximum absolute atomic E-state index is 5.66. The van der Waals surface area contributed by atoms with Gasteiger partial charge in [0.1, 0.15) is 5.75 Å². The van der Waals surface area contributed by atoms with Crippen molar-refractivity contribution in [3.05, 3.63) is 18.2 Å². The van der Waals surface area contributed by atoms with Crippen molar-refractivity contribution in [2.75, 3.05) is 57.7 Å². The van der Waals surface area contributed by atoms with Gasteiger partial charge in [0.15, 0.2) is 0 Å². The summed E-state index contributed by atoms with van der Waals surface area (Å²) in [6.45, 7) is 4.90. The Labute approximate surface area is 131 Å². The first kappa shape index (κ1) is 15.0. The van der Waals surface area contributed by atoms with E-state index < -0.39 is 0 Å². The topological polar surface area (TPSA) is 15.7 Å². The number of hydrogen-bond donors (Lipinski definition) is 1. The standard InChI is InChI=1S/C17H28N2OS/c1-18-12-17(13-18)7-9-19(10-8-17)15-6-5-14(21(3)4)11-16(15)20-2/h5-6,11,21H,7-10,12-13H2,1-4H3. The van der Waals surface area contributed by atoms with Crippen molar-refractivity contribution in [2.45, 2.75) is 17.7 Å². The minimum absolute atomic E-state index is 0.0654. The summed E-state index contributed by atoms with van der Waals surface area (Å²) in [4.78, 5) is 6.37. The van der Waals surface area contributed by atoms with Gasteiger partial charge in [-0.2, -0.15) is 0 Å². The third kappa shape index (κ3) is 2.88. The van der Waals surface area contributed by atoms with Crippen LogP contribution in [0.1, 0.15) is 12.8 Å². The highest BCUT2D eigenvalue weighted by atomic mass is 32.2. The van der Waals surface area contributed by atoms with Gasteiger partial charge in [0.25, 0.3) is 0 Å². The molecule has 4 heteroatoms. The van der Waals surface area contributed by atoms with Gasteiger partial charge in [0.05, 0.1) is 12.8 Å². The number of methoxy groups -OCH3 is 1. The van der Waals surface area contributed by atoms with Crippen LogP contribution in [0.5, 0.6) is 5.75 Å². The van der Waals surface area contributed by atoms with Crippen LogP contribution >= 0.6 is 10.9 Å². The van der Waals surface area contributed by atoms with Crippen molar-refractivity contribution in [3.63, 3.8) is 0 Å². The fraction of sp³-hybridized carbons (Fsp3) is 0.647. The summed E-state index contributed by atoms with van der Waals surface area (Å²) in [7, 11) is 3.96. The fourth-order valence-corrected chi connectivity index (χ4v) is 4.59. The van der Waals surface area contributed by atoms with Crippen LogP contribution in [-0.4, -0.2) is 57.7 Å². The van der Waals surface area contributed by atoms with E-state index in [4.69, 9.17) is 4.74 Å². The molecule has 1 aromatic carbocycles. The lowest BCUT2D eigenvalue weighted by atomic mass is 9.72. The summed E-state index contributed by atoms with van der Waals surface area (Å²) in [6, 6.07) is 6.79. The number of ether oxygens (including phenoxy) is 1. The molecule has 0 N–H and O–H groups in total. The number of rotatable bonds is 3. The molecule has 2 saturated heterocycles. The van der Waals surface area contributed by atoms with Crippen LogP contribution in [0.15, 0.2) is 23.1 Å². The molecule has 2 aliphatic heterocycles. The molecular formula is C17H28N2OS. The van der Waals surface area contributed by atoms with Crippen molar-refractivity contribution in [1.82, 2.24) is 4.90 Å². The van der Waals surface area contributed by atoms with E-state index in [1.807, 2.05) is 0 Å². The second-order valence-electron chi connectivity index (χ2n) is 6.91. The molecule has 21 heavy (non-hydrogen) atoms. The predicted molar refractivity (Wildman–Crippen MR) is 93.5 cm³/mol. The van der Waals surface area contributed by atoms with Crippen LogP contribution in [0.2, 0.25) is 0 Å². The second kappa shape index (κ2) is 5.73. The van der Waals surface area contributed by atoms with E-state index in [1.165, 1.54) is 36.5 Å². The molecule has 0 unspecified atom stereocenters. The predicted octanol–water partition coefficient (Wildman–Crippen LogP) is 2.85. The molecule has 2 fully saturated rings. The highest BCUT2D eigenvalue weighted by Crippen LogP contribution is 2.43. The van der Waals surface area contributed by atoms with Gasteiger partial charge < -0.3 is 14.5 Å². The summed E-state index contributed by atoms with van der Waals surface area (Å²) < 4.78 is 5.66. The monoisotopic (exact) mass is 308 g/mol. The molecule has 118 valence electrons. The van der Waals surface area contributed by atoms with Crippen molar-refractivity contribution in [3.8, 4) is 5.75 Å². The quantitative estimate of drug-likeness (QED) is 0.865. The Morgan fingerprint density at radius 3 is 2.33 bits per heavy atom. The Balaban J connectivity index is 1.73. The zero-order valence-electron chi connectivity index (χ0n) is 13.7. The number of benzene rings is 1. The van der Waals surface area contributed by atoms with Gasteiger partial charge in [-0.05, 0) is 60.9 Å². The molecule has 2 heterocycles. The summed E-state index contributed by atoms with van der Waals surface area (Å²) >= 11 is 0. The molecule has 2 aliphatic rings. The number of piperidine rings is 1. The van der Waals surface area contributed by atoms with Crippen molar-refractivity contribution < 1.29 is 4.74 Å². The minimum Gasteiger partial charge on any atom is -0.495 e. The number of anilines is 1. The van der Waals surface area contributed by atoms with Gasteiger partial charge in [0.2, 0.25) is 0 Å². The van der Waals surface area contributed by atoms with Crippen LogP contribution in [0.4, 0.5) is 5.69 Å². The molecule has 1 spiro atoms. The molecule has 0 bridgehead atoms. The maximum atomic E-state index is 5.66. The Bertz CT molecular complexity index is 502. The van der Waals surface area contributed by atoms with Gasteiger partial charge in [-0.15, -0.1) is 0 Å². The van der Waals surface area contributed by atoms with Gasteiger partial charge in [-0.1, -0.05) is 0 Å². The van der Waals surface area contributed by atoms with Crippen LogP contribution in [-0.2, 0) is 0 Å². The summed E-state index contributed by atoms with van der Waals surface area (Å²) in [6.07, 6.45) is 7.22. The molecule has 3 nitrogen and oxygen atoms in total. The first-order valence-electron chi connectivity index (χ1n) is 7.82. The zero-order chi connectivity index (χ0) is 15.0. The molecule has 0 atom stereocenters. The third-order valence-electron chi connectivity index (χ3n) is 5.06. The maximum Gasteiger partial charge on any atom is 0.143 e. The number of likely N-dealkylation sites (tertiary alicyclic amines) is 1.